The van der Waals surface area contributed by atoms with E-state index >= 15 is 0 Å². The summed E-state index contributed by atoms with van der Waals surface area (Å²) in [5, 5.41) is 9.09. The molecular weight excluding hydrogens is 302 g/mol. The summed E-state index contributed by atoms with van der Waals surface area (Å²) in [6.45, 7) is 2.92. The Labute approximate surface area is 122 Å². The molecule has 8 heteroatoms. The number of carbonyl (C=O) groups excluding carboxylic acids is 1. The number of hydrogen-bond donors (Lipinski definition) is 1. The highest BCUT2D eigenvalue weighted by Gasteiger charge is 2.34. The second-order valence-corrected chi connectivity index (χ2v) is 7.09. The summed E-state index contributed by atoms with van der Waals surface area (Å²) in [5.41, 5.74) is 3.87. The minimum atomic E-state index is -3.97. The number of nitrogens with zero attached hydrogens (tertiary/aromatic N) is 2. The molecule has 0 aliphatic carbocycles. The fourth-order valence-corrected chi connectivity index (χ4v) is 3.19. The van der Waals surface area contributed by atoms with Crippen LogP contribution in [-0.4, -0.2) is 31.2 Å². The van der Waals surface area contributed by atoms with Crippen molar-refractivity contribution in [2.24, 2.45) is 5.73 Å². The van der Waals surface area contributed by atoms with Crippen LogP contribution in [0.2, 0.25) is 5.02 Å². The van der Waals surface area contributed by atoms with Crippen molar-refractivity contribution in [2.75, 3.05) is 7.05 Å². The summed E-state index contributed by atoms with van der Waals surface area (Å²) in [7, 11) is -2.69. The van der Waals surface area contributed by atoms with Crippen molar-refractivity contribution in [1.29, 1.82) is 5.26 Å². The first kappa shape index (κ1) is 16.4. The summed E-state index contributed by atoms with van der Waals surface area (Å²) < 4.78 is 25.8. The molecule has 0 aliphatic heterocycles. The first-order chi connectivity index (χ1) is 9.02. The average molecular weight is 316 g/mol. The molecule has 0 fully saturated rings. The third kappa shape index (κ3) is 3.10. The molecule has 0 heterocycles. The van der Waals surface area contributed by atoms with Crippen LogP contribution in [0.1, 0.15) is 24.2 Å². The van der Waals surface area contributed by atoms with Gasteiger partial charge in [0.15, 0.2) is 0 Å². The highest BCUT2D eigenvalue weighted by atomic mass is 35.5. The zero-order valence-corrected chi connectivity index (χ0v) is 12.8. The number of nitrogens with two attached hydrogens (primary N) is 1. The maximum Gasteiger partial charge on any atom is 0.248 e. The van der Waals surface area contributed by atoms with E-state index in [1.54, 1.807) is 0 Å². The van der Waals surface area contributed by atoms with Gasteiger partial charge in [-0.2, -0.15) is 9.57 Å². The monoisotopic (exact) mass is 315 g/mol. The lowest BCUT2D eigenvalue weighted by atomic mass is 10.1. The number of rotatable bonds is 4. The first-order valence-electron chi connectivity index (χ1n) is 5.53. The smallest absolute Gasteiger partial charge is 0.248 e. The predicted octanol–water partition coefficient (Wildman–Crippen LogP) is 1.36. The Morgan fingerprint density at radius 1 is 1.40 bits per heavy atom. The van der Waals surface area contributed by atoms with Gasteiger partial charge in [-0.15, -0.1) is 0 Å². The van der Waals surface area contributed by atoms with Crippen molar-refractivity contribution in [2.45, 2.75) is 24.3 Å². The van der Waals surface area contributed by atoms with Crippen LogP contribution in [-0.2, 0) is 10.0 Å². The second-order valence-electron chi connectivity index (χ2n) is 4.68. The van der Waals surface area contributed by atoms with Gasteiger partial charge in [-0.05, 0) is 32.0 Å². The van der Waals surface area contributed by atoms with Crippen molar-refractivity contribution in [1.82, 2.24) is 4.31 Å². The molecule has 1 aromatic carbocycles. The lowest BCUT2D eigenvalue weighted by Gasteiger charge is -2.28. The van der Waals surface area contributed by atoms with E-state index in [0.717, 1.165) is 10.4 Å². The standard InChI is InChI=1S/C12H14ClN3O3S/c1-12(2,7-14)16(3)20(18,19)10-5-8(11(15)17)4-9(13)6-10/h4-6H,1-3H3,(H2,15,17). The molecule has 1 rings (SSSR count). The average Bonchev–Trinajstić information content (AvgIpc) is 2.36. The van der Waals surface area contributed by atoms with Crippen LogP contribution < -0.4 is 5.73 Å². The Morgan fingerprint density at radius 2 is 1.95 bits per heavy atom. The van der Waals surface area contributed by atoms with Crippen LogP contribution in [0.4, 0.5) is 0 Å². The van der Waals surface area contributed by atoms with E-state index in [2.05, 4.69) is 0 Å². The van der Waals surface area contributed by atoms with E-state index < -0.39 is 21.5 Å². The molecule has 0 aliphatic rings. The van der Waals surface area contributed by atoms with Crippen LogP contribution in [0.15, 0.2) is 23.1 Å². The van der Waals surface area contributed by atoms with Crippen molar-refractivity contribution in [3.05, 3.63) is 28.8 Å². The fraction of sp³-hybridized carbons (Fsp3) is 0.333. The molecule has 6 nitrogen and oxygen atoms in total. The Morgan fingerprint density at radius 3 is 2.40 bits per heavy atom. The van der Waals surface area contributed by atoms with Gasteiger partial charge in [0.25, 0.3) is 0 Å². The summed E-state index contributed by atoms with van der Waals surface area (Å²) in [4.78, 5) is 11.0. The van der Waals surface area contributed by atoms with Crippen LogP contribution >= 0.6 is 11.6 Å². The molecule has 0 aromatic heterocycles. The summed E-state index contributed by atoms with van der Waals surface area (Å²) >= 11 is 5.80. The molecule has 0 saturated heterocycles. The number of halogens is 1. The molecular formula is C12H14ClN3O3S. The Balaban J connectivity index is 3.45. The molecule has 0 atom stereocenters. The molecule has 0 spiro atoms. The lowest BCUT2D eigenvalue weighted by Crippen LogP contribution is -2.43. The van der Waals surface area contributed by atoms with E-state index in [9.17, 15) is 13.2 Å². The molecule has 0 bridgehead atoms. The fourth-order valence-electron chi connectivity index (χ4n) is 1.38. The minimum absolute atomic E-state index is 0.0146. The van der Waals surface area contributed by atoms with Gasteiger partial charge in [0.05, 0.1) is 11.0 Å². The highest BCUT2D eigenvalue weighted by Crippen LogP contribution is 2.25. The van der Waals surface area contributed by atoms with Gasteiger partial charge in [-0.3, -0.25) is 4.79 Å². The topological polar surface area (TPSA) is 104 Å². The van der Waals surface area contributed by atoms with Gasteiger partial charge in [0, 0.05) is 17.6 Å². The van der Waals surface area contributed by atoms with Gasteiger partial charge in [0.2, 0.25) is 15.9 Å². The van der Waals surface area contributed by atoms with E-state index in [4.69, 9.17) is 22.6 Å². The molecule has 0 unspecified atom stereocenters. The Bertz CT molecular complexity index is 692. The van der Waals surface area contributed by atoms with Crippen LogP contribution in [0.25, 0.3) is 0 Å². The summed E-state index contributed by atoms with van der Waals surface area (Å²) in [6, 6.07) is 5.50. The van der Waals surface area contributed by atoms with Crippen molar-refractivity contribution >= 4 is 27.5 Å². The highest BCUT2D eigenvalue weighted by molar-refractivity contribution is 7.89. The van der Waals surface area contributed by atoms with E-state index in [1.807, 2.05) is 6.07 Å². The van der Waals surface area contributed by atoms with E-state index in [-0.39, 0.29) is 15.5 Å². The second kappa shape index (κ2) is 5.40. The molecule has 1 amide bonds. The van der Waals surface area contributed by atoms with Crippen LogP contribution in [0.5, 0.6) is 0 Å². The first-order valence-corrected chi connectivity index (χ1v) is 7.35. The number of sulfonamides is 1. The number of primary amides is 1. The maximum absolute atomic E-state index is 12.4. The normalized spacial score (nSPS) is 12.2. The van der Waals surface area contributed by atoms with Crippen molar-refractivity contribution < 1.29 is 13.2 Å². The van der Waals surface area contributed by atoms with Gasteiger partial charge < -0.3 is 5.73 Å². The SMILES string of the molecule is CN(C(C)(C)C#N)S(=O)(=O)c1cc(Cl)cc(C(N)=O)c1. The van der Waals surface area contributed by atoms with Crippen LogP contribution in [0.3, 0.4) is 0 Å². The van der Waals surface area contributed by atoms with Gasteiger partial charge in [-0.25, -0.2) is 8.42 Å². The number of carbonyl (C=O) groups is 1. The van der Waals surface area contributed by atoms with E-state index in [0.29, 0.717) is 0 Å². The number of amides is 1. The quantitative estimate of drug-likeness (QED) is 0.905. The Kier molecular flexibility index (Phi) is 4.44. The van der Waals surface area contributed by atoms with Crippen LogP contribution in [0, 0.1) is 11.3 Å². The third-order valence-electron chi connectivity index (χ3n) is 2.88. The summed E-state index contributed by atoms with van der Waals surface area (Å²) in [5.74, 6) is -0.786. The van der Waals surface area contributed by atoms with Gasteiger partial charge in [0.1, 0.15) is 5.54 Å². The van der Waals surface area contributed by atoms with E-state index in [1.165, 1.54) is 33.0 Å². The Hall–Kier alpha value is -1.62. The van der Waals surface area contributed by atoms with Gasteiger partial charge in [-0.1, -0.05) is 11.6 Å². The van der Waals surface area contributed by atoms with Crippen molar-refractivity contribution in [3.63, 3.8) is 0 Å². The molecule has 0 saturated carbocycles. The maximum atomic E-state index is 12.4. The third-order valence-corrected chi connectivity index (χ3v) is 5.10. The molecule has 20 heavy (non-hydrogen) atoms. The number of benzene rings is 1. The molecule has 108 valence electrons. The van der Waals surface area contributed by atoms with Gasteiger partial charge >= 0.3 is 0 Å². The minimum Gasteiger partial charge on any atom is -0.366 e. The zero-order valence-electron chi connectivity index (χ0n) is 11.2. The predicted molar refractivity (Wildman–Crippen MR) is 74.6 cm³/mol. The number of nitriles is 1. The molecule has 2 N–H and O–H groups in total. The lowest BCUT2D eigenvalue weighted by molar-refractivity contribution is 0.1000. The number of hydrogen-bond acceptors (Lipinski definition) is 4. The zero-order chi connectivity index (χ0) is 15.7. The summed E-state index contributed by atoms with van der Waals surface area (Å²) in [6.07, 6.45) is 0. The van der Waals surface area contributed by atoms with Crippen molar-refractivity contribution in [3.8, 4) is 6.07 Å². The molecule has 1 aromatic rings. The largest absolute Gasteiger partial charge is 0.366 e. The molecule has 0 radical (unpaired) electrons.